The van der Waals surface area contributed by atoms with Crippen LogP contribution in [0, 0.1) is 0 Å². The van der Waals surface area contributed by atoms with Crippen molar-refractivity contribution in [2.75, 3.05) is 42.7 Å². The zero-order valence-electron chi connectivity index (χ0n) is 19.8. The van der Waals surface area contributed by atoms with E-state index in [2.05, 4.69) is 10.0 Å². The SMILES string of the molecule is CS(=O)(=O)Nc1cc([C@@H](O)CNCCOc2ccc(-c3cccc(S(C)(=O)=O)c3N)cc2)ccc1O. The minimum atomic E-state index is -3.58. The van der Waals surface area contributed by atoms with Gasteiger partial charge >= 0.3 is 0 Å². The average Bonchev–Trinajstić information content (AvgIpc) is 2.79. The monoisotopic (exact) mass is 535 g/mol. The molecule has 1 atom stereocenters. The van der Waals surface area contributed by atoms with Crippen LogP contribution in [0.25, 0.3) is 11.1 Å². The van der Waals surface area contributed by atoms with Crippen LogP contribution in [0.5, 0.6) is 11.5 Å². The summed E-state index contributed by atoms with van der Waals surface area (Å²) >= 11 is 0. The highest BCUT2D eigenvalue weighted by Gasteiger charge is 2.15. The molecule has 0 aliphatic rings. The number of anilines is 2. The molecule has 0 saturated carbocycles. The Morgan fingerprint density at radius 3 is 2.33 bits per heavy atom. The number of aliphatic hydroxyl groups excluding tert-OH is 1. The summed E-state index contributed by atoms with van der Waals surface area (Å²) in [6.07, 6.45) is 1.15. The highest BCUT2D eigenvalue weighted by atomic mass is 32.2. The summed E-state index contributed by atoms with van der Waals surface area (Å²) in [5.74, 6) is 0.364. The zero-order valence-corrected chi connectivity index (χ0v) is 21.4. The van der Waals surface area contributed by atoms with E-state index in [1.54, 1.807) is 36.4 Å². The van der Waals surface area contributed by atoms with Crippen molar-refractivity contribution in [3.8, 4) is 22.6 Å². The van der Waals surface area contributed by atoms with Gasteiger partial charge in [-0.05, 0) is 41.5 Å². The van der Waals surface area contributed by atoms with Crippen LogP contribution in [0.15, 0.2) is 65.6 Å². The van der Waals surface area contributed by atoms with E-state index in [4.69, 9.17) is 10.5 Å². The summed E-state index contributed by atoms with van der Waals surface area (Å²) in [7, 11) is -7.01. The number of rotatable bonds is 11. The molecular weight excluding hydrogens is 506 g/mol. The number of nitrogens with two attached hydrogens (primary N) is 1. The van der Waals surface area contributed by atoms with Crippen LogP contribution < -0.4 is 20.5 Å². The van der Waals surface area contributed by atoms with Gasteiger partial charge in [-0.15, -0.1) is 0 Å². The highest BCUT2D eigenvalue weighted by molar-refractivity contribution is 7.92. The fraction of sp³-hybridized carbons (Fsp3) is 0.250. The first-order valence-corrected chi connectivity index (χ1v) is 14.6. The Kier molecular flexibility index (Phi) is 8.46. The zero-order chi connectivity index (χ0) is 26.5. The smallest absolute Gasteiger partial charge is 0.229 e. The Morgan fingerprint density at radius 2 is 1.69 bits per heavy atom. The lowest BCUT2D eigenvalue weighted by atomic mass is 10.0. The number of aliphatic hydroxyl groups is 1. The maximum atomic E-state index is 11.9. The lowest BCUT2D eigenvalue weighted by Gasteiger charge is -2.15. The summed E-state index contributed by atoms with van der Waals surface area (Å²) in [4.78, 5) is 0.0868. The van der Waals surface area contributed by atoms with Gasteiger partial charge in [0.25, 0.3) is 0 Å². The number of phenols is 1. The maximum absolute atomic E-state index is 11.9. The van der Waals surface area contributed by atoms with Gasteiger partial charge in [0.05, 0.1) is 28.6 Å². The standard InChI is InChI=1S/C24H29N3O7S2/c1-35(30,31)23-5-3-4-19(24(23)25)16-6-9-18(10-7-16)34-13-12-26-15-22(29)17-8-11-21(28)20(14-17)27-36(2,32)33/h3-11,14,22,26-29H,12-13,15,25H2,1-2H3/t22-/m0/s1. The Labute approximate surface area is 210 Å². The van der Waals surface area contributed by atoms with Crippen LogP contribution in [0.1, 0.15) is 11.7 Å². The first-order valence-electron chi connectivity index (χ1n) is 10.9. The third-order valence-corrected chi connectivity index (χ3v) is 6.96. The van der Waals surface area contributed by atoms with Crippen LogP contribution in [0.4, 0.5) is 11.4 Å². The summed E-state index contributed by atoms with van der Waals surface area (Å²) in [5, 5.41) is 23.2. The van der Waals surface area contributed by atoms with Crippen molar-refractivity contribution in [1.82, 2.24) is 5.32 Å². The number of nitrogen functional groups attached to an aromatic ring is 1. The summed E-state index contributed by atoms with van der Waals surface area (Å²) in [6.45, 7) is 0.921. The van der Waals surface area contributed by atoms with E-state index in [9.17, 15) is 27.0 Å². The number of benzene rings is 3. The fourth-order valence-electron chi connectivity index (χ4n) is 3.49. The summed E-state index contributed by atoms with van der Waals surface area (Å²) < 4.78 is 54.5. The van der Waals surface area contributed by atoms with Crippen LogP contribution >= 0.6 is 0 Å². The third kappa shape index (κ3) is 7.34. The van der Waals surface area contributed by atoms with Crippen molar-refractivity contribution in [2.45, 2.75) is 11.0 Å². The molecule has 0 saturated heterocycles. The minimum Gasteiger partial charge on any atom is -0.506 e. The molecule has 0 fully saturated rings. The van der Waals surface area contributed by atoms with Crippen molar-refractivity contribution in [2.24, 2.45) is 0 Å². The summed E-state index contributed by atoms with van der Waals surface area (Å²) in [5.41, 5.74) is 8.07. The summed E-state index contributed by atoms with van der Waals surface area (Å²) in [6, 6.07) is 16.1. The number of hydrogen-bond donors (Lipinski definition) is 5. The fourth-order valence-corrected chi connectivity index (χ4v) is 4.89. The van der Waals surface area contributed by atoms with E-state index in [0.717, 1.165) is 18.1 Å². The number of hydrogen-bond acceptors (Lipinski definition) is 9. The average molecular weight is 536 g/mol. The number of sulfone groups is 1. The molecule has 0 unspecified atom stereocenters. The highest BCUT2D eigenvalue weighted by Crippen LogP contribution is 2.32. The lowest BCUT2D eigenvalue weighted by molar-refractivity contribution is 0.172. The van der Waals surface area contributed by atoms with Crippen LogP contribution in [0.2, 0.25) is 0 Å². The quantitative estimate of drug-likeness (QED) is 0.140. The Morgan fingerprint density at radius 1 is 1.00 bits per heavy atom. The first kappa shape index (κ1) is 27.3. The number of phenolic OH excluding ortho intramolecular Hbond substituents is 1. The van der Waals surface area contributed by atoms with Gasteiger partial charge in [0.2, 0.25) is 10.0 Å². The van der Waals surface area contributed by atoms with Crippen molar-refractivity contribution in [1.29, 1.82) is 0 Å². The molecule has 12 heteroatoms. The Hall–Kier alpha value is -3.32. The molecule has 3 aromatic rings. The lowest BCUT2D eigenvalue weighted by Crippen LogP contribution is -2.26. The van der Waals surface area contributed by atoms with Gasteiger partial charge in [-0.2, -0.15) is 0 Å². The predicted molar refractivity (Wildman–Crippen MR) is 139 cm³/mol. The van der Waals surface area contributed by atoms with Crippen molar-refractivity contribution in [3.05, 3.63) is 66.2 Å². The van der Waals surface area contributed by atoms with E-state index in [1.165, 1.54) is 24.3 Å². The molecule has 194 valence electrons. The Balaban J connectivity index is 1.51. The number of sulfonamides is 1. The molecule has 0 heterocycles. The van der Waals surface area contributed by atoms with E-state index in [-0.39, 0.29) is 28.6 Å². The van der Waals surface area contributed by atoms with Gasteiger partial charge < -0.3 is 26.0 Å². The largest absolute Gasteiger partial charge is 0.506 e. The normalized spacial score (nSPS) is 12.8. The van der Waals surface area contributed by atoms with Crippen molar-refractivity contribution < 1.29 is 31.8 Å². The molecule has 0 aliphatic carbocycles. The molecule has 0 radical (unpaired) electrons. The number of para-hydroxylation sites is 1. The van der Waals surface area contributed by atoms with Crippen LogP contribution in [-0.4, -0.2) is 59.3 Å². The number of aromatic hydroxyl groups is 1. The minimum absolute atomic E-state index is 0.00867. The van der Waals surface area contributed by atoms with Gasteiger partial charge in [0, 0.05) is 24.9 Å². The molecule has 3 aromatic carbocycles. The molecule has 10 nitrogen and oxygen atoms in total. The third-order valence-electron chi connectivity index (χ3n) is 5.22. The van der Waals surface area contributed by atoms with Crippen molar-refractivity contribution in [3.63, 3.8) is 0 Å². The molecule has 0 spiro atoms. The molecule has 0 bridgehead atoms. The van der Waals surface area contributed by atoms with Gasteiger partial charge in [-0.1, -0.05) is 30.3 Å². The molecule has 0 aliphatic heterocycles. The molecule has 0 aromatic heterocycles. The van der Waals surface area contributed by atoms with Crippen molar-refractivity contribution >= 4 is 31.2 Å². The maximum Gasteiger partial charge on any atom is 0.229 e. The van der Waals surface area contributed by atoms with Gasteiger partial charge in [-0.3, -0.25) is 4.72 Å². The van der Waals surface area contributed by atoms with Gasteiger partial charge in [-0.25, -0.2) is 16.8 Å². The van der Waals surface area contributed by atoms with Gasteiger partial charge in [0.15, 0.2) is 9.84 Å². The Bertz CT molecular complexity index is 1420. The van der Waals surface area contributed by atoms with E-state index >= 15 is 0 Å². The second-order valence-electron chi connectivity index (χ2n) is 8.23. The molecule has 3 rings (SSSR count). The molecule has 6 N–H and O–H groups in total. The molecule has 36 heavy (non-hydrogen) atoms. The van der Waals surface area contributed by atoms with Crippen LogP contribution in [-0.2, 0) is 19.9 Å². The van der Waals surface area contributed by atoms with Crippen LogP contribution in [0.3, 0.4) is 0 Å². The van der Waals surface area contributed by atoms with E-state index in [1.807, 2.05) is 0 Å². The second-order valence-corrected chi connectivity index (χ2v) is 12.0. The van der Waals surface area contributed by atoms with E-state index in [0.29, 0.717) is 30.0 Å². The van der Waals surface area contributed by atoms with E-state index < -0.39 is 26.0 Å². The first-order chi connectivity index (χ1) is 16.8. The predicted octanol–water partition coefficient (Wildman–Crippen LogP) is 2.12. The second kappa shape index (κ2) is 11.2. The number of ether oxygens (including phenoxy) is 1. The van der Waals surface area contributed by atoms with Gasteiger partial charge in [0.1, 0.15) is 18.1 Å². The molecular formula is C24H29N3O7S2. The molecule has 0 amide bonds. The topological polar surface area (TPSA) is 168 Å². The number of nitrogens with one attached hydrogen (secondary N) is 2.